The normalized spacial score (nSPS) is 20.0. The fourth-order valence-corrected chi connectivity index (χ4v) is 3.02. The lowest BCUT2D eigenvalue weighted by Crippen LogP contribution is -2.50. The quantitative estimate of drug-likeness (QED) is 0.580. The molecule has 0 saturated carbocycles. The van der Waals surface area contributed by atoms with Crippen LogP contribution in [0.4, 0.5) is 0 Å². The first-order valence-corrected chi connectivity index (χ1v) is 7.10. The number of rotatable bonds is 4. The van der Waals surface area contributed by atoms with Crippen molar-refractivity contribution in [3.63, 3.8) is 0 Å². The molecule has 2 rings (SSSR count). The summed E-state index contributed by atoms with van der Waals surface area (Å²) >= 11 is 0. The molecule has 1 aliphatic rings. The van der Waals surface area contributed by atoms with Gasteiger partial charge in [0.2, 0.25) is 15.9 Å². The van der Waals surface area contributed by atoms with Crippen molar-refractivity contribution in [2.45, 2.75) is 23.8 Å². The van der Waals surface area contributed by atoms with E-state index in [4.69, 9.17) is 5.11 Å². The molecule has 0 radical (unpaired) electrons. The third-order valence-electron chi connectivity index (χ3n) is 2.78. The number of sulfonamides is 1. The van der Waals surface area contributed by atoms with Gasteiger partial charge >= 0.3 is 5.97 Å². The van der Waals surface area contributed by atoms with E-state index in [2.05, 4.69) is 15.0 Å². The number of hydrogen-bond donors (Lipinski definition) is 4. The van der Waals surface area contributed by atoms with E-state index >= 15 is 0 Å². The zero-order chi connectivity index (χ0) is 14.0. The maximum absolute atomic E-state index is 12.0. The summed E-state index contributed by atoms with van der Waals surface area (Å²) in [5.74, 6) is -1.62. The highest BCUT2D eigenvalue weighted by Crippen LogP contribution is 2.13. The summed E-state index contributed by atoms with van der Waals surface area (Å²) in [7, 11) is -3.91. The molecule has 8 nitrogen and oxygen atoms in total. The van der Waals surface area contributed by atoms with Crippen molar-refractivity contribution in [2.75, 3.05) is 6.54 Å². The highest BCUT2D eigenvalue weighted by Gasteiger charge is 2.28. The highest BCUT2D eigenvalue weighted by molar-refractivity contribution is 7.89. The summed E-state index contributed by atoms with van der Waals surface area (Å²) in [6, 6.07) is 0.188. The molecule has 19 heavy (non-hydrogen) atoms. The second-order valence-corrected chi connectivity index (χ2v) is 5.88. The molecule has 1 saturated heterocycles. The molecule has 4 N–H and O–H groups in total. The Balaban J connectivity index is 2.17. The first kappa shape index (κ1) is 13.6. The first-order valence-electron chi connectivity index (χ1n) is 5.62. The molecular weight excluding hydrogens is 274 g/mol. The number of H-pyrrole nitrogens is 1. The molecule has 1 unspecified atom stereocenters. The van der Waals surface area contributed by atoms with Crippen LogP contribution in [0.1, 0.15) is 23.3 Å². The van der Waals surface area contributed by atoms with Gasteiger partial charge in [0.25, 0.3) is 0 Å². The van der Waals surface area contributed by atoms with Crippen LogP contribution in [0.5, 0.6) is 0 Å². The zero-order valence-electron chi connectivity index (χ0n) is 9.84. The predicted octanol–water partition coefficient (Wildman–Crippen LogP) is -0.730. The van der Waals surface area contributed by atoms with E-state index in [-0.39, 0.29) is 16.5 Å². The third-order valence-corrected chi connectivity index (χ3v) is 4.23. The van der Waals surface area contributed by atoms with E-state index in [1.807, 2.05) is 0 Å². The number of carbonyl (C=O) groups is 2. The second-order valence-electron chi connectivity index (χ2n) is 4.16. The molecule has 0 spiro atoms. The molecule has 1 atom stereocenters. The number of aromatic nitrogens is 1. The van der Waals surface area contributed by atoms with Crippen LogP contribution < -0.4 is 10.0 Å². The Labute approximate surface area is 109 Å². The van der Waals surface area contributed by atoms with Crippen molar-refractivity contribution in [3.8, 4) is 0 Å². The molecule has 0 aromatic carbocycles. The van der Waals surface area contributed by atoms with Crippen LogP contribution in [0.25, 0.3) is 0 Å². The number of aromatic carboxylic acids is 1. The van der Waals surface area contributed by atoms with Gasteiger partial charge in [-0.1, -0.05) is 0 Å². The van der Waals surface area contributed by atoms with E-state index in [0.717, 1.165) is 12.3 Å². The minimum atomic E-state index is -3.91. The summed E-state index contributed by atoms with van der Waals surface area (Å²) in [5.41, 5.74) is -0.228. The van der Waals surface area contributed by atoms with Gasteiger partial charge in [-0.3, -0.25) is 4.79 Å². The monoisotopic (exact) mass is 287 g/mol. The SMILES string of the molecule is O=C(O)c1cc(S(=O)(=O)NC2CCCNC2=O)c[nH]1. The van der Waals surface area contributed by atoms with Crippen molar-refractivity contribution < 1.29 is 23.1 Å². The standard InChI is InChI=1S/C10H13N3O5S/c14-9-7(2-1-3-11-9)13-19(17,18)6-4-8(10(15)16)12-5-6/h4-5,7,12-13H,1-3H2,(H,11,14)(H,15,16). The van der Waals surface area contributed by atoms with Crippen LogP contribution in [0, 0.1) is 0 Å². The molecule has 2 heterocycles. The van der Waals surface area contributed by atoms with Crippen LogP contribution in [-0.2, 0) is 14.8 Å². The number of hydrogen-bond acceptors (Lipinski definition) is 4. The average molecular weight is 287 g/mol. The maximum Gasteiger partial charge on any atom is 0.352 e. The summed E-state index contributed by atoms with van der Waals surface area (Å²) in [5, 5.41) is 11.3. The van der Waals surface area contributed by atoms with Crippen molar-refractivity contribution in [1.82, 2.24) is 15.0 Å². The number of carboxylic acids is 1. The molecule has 104 valence electrons. The predicted molar refractivity (Wildman–Crippen MR) is 64.1 cm³/mol. The zero-order valence-corrected chi connectivity index (χ0v) is 10.7. The number of aromatic amines is 1. The number of carbonyl (C=O) groups excluding carboxylic acids is 1. The highest BCUT2D eigenvalue weighted by atomic mass is 32.2. The lowest BCUT2D eigenvalue weighted by atomic mass is 10.1. The van der Waals surface area contributed by atoms with Gasteiger partial charge in [0, 0.05) is 12.7 Å². The molecule has 0 aliphatic carbocycles. The number of carboxylic acid groups (broad SMARTS) is 1. The number of piperidine rings is 1. The Hall–Kier alpha value is -1.87. The molecule has 1 aromatic rings. The van der Waals surface area contributed by atoms with Crippen LogP contribution in [0.15, 0.2) is 17.2 Å². The lowest BCUT2D eigenvalue weighted by molar-refractivity contribution is -0.124. The minimum absolute atomic E-state index is 0.205. The molecule has 1 amide bonds. The fraction of sp³-hybridized carbons (Fsp3) is 0.400. The van der Waals surface area contributed by atoms with Crippen LogP contribution in [-0.4, -0.2) is 43.0 Å². The molecular formula is C10H13N3O5S. The minimum Gasteiger partial charge on any atom is -0.477 e. The van der Waals surface area contributed by atoms with E-state index in [0.29, 0.717) is 19.4 Å². The summed E-state index contributed by atoms with van der Waals surface area (Å²) in [4.78, 5) is 24.3. The van der Waals surface area contributed by atoms with Crippen molar-refractivity contribution in [3.05, 3.63) is 18.0 Å². The van der Waals surface area contributed by atoms with E-state index in [1.54, 1.807) is 0 Å². The molecule has 1 aromatic heterocycles. The van der Waals surface area contributed by atoms with Gasteiger partial charge in [0.1, 0.15) is 16.6 Å². The van der Waals surface area contributed by atoms with Gasteiger partial charge in [0.05, 0.1) is 0 Å². The van der Waals surface area contributed by atoms with Crippen LogP contribution >= 0.6 is 0 Å². The van der Waals surface area contributed by atoms with Gasteiger partial charge in [-0.05, 0) is 18.9 Å². The van der Waals surface area contributed by atoms with E-state index in [1.165, 1.54) is 0 Å². The van der Waals surface area contributed by atoms with Crippen LogP contribution in [0.3, 0.4) is 0 Å². The third kappa shape index (κ3) is 2.93. The molecule has 1 aliphatic heterocycles. The summed E-state index contributed by atoms with van der Waals surface area (Å²) in [6.07, 6.45) is 2.18. The van der Waals surface area contributed by atoms with Gasteiger partial charge in [-0.25, -0.2) is 13.2 Å². The topological polar surface area (TPSA) is 128 Å². The second kappa shape index (κ2) is 5.02. The maximum atomic E-state index is 12.0. The summed E-state index contributed by atoms with van der Waals surface area (Å²) < 4.78 is 26.2. The Morgan fingerprint density at radius 2 is 2.21 bits per heavy atom. The number of nitrogens with one attached hydrogen (secondary N) is 3. The lowest BCUT2D eigenvalue weighted by Gasteiger charge is -2.22. The number of amides is 1. The largest absolute Gasteiger partial charge is 0.477 e. The molecule has 1 fully saturated rings. The Morgan fingerprint density at radius 1 is 1.47 bits per heavy atom. The van der Waals surface area contributed by atoms with Crippen LogP contribution in [0.2, 0.25) is 0 Å². The fourth-order valence-electron chi connectivity index (χ4n) is 1.79. The average Bonchev–Trinajstić information content (AvgIpc) is 2.82. The van der Waals surface area contributed by atoms with Crippen molar-refractivity contribution in [1.29, 1.82) is 0 Å². The van der Waals surface area contributed by atoms with Gasteiger partial charge in [-0.2, -0.15) is 4.72 Å². The Bertz CT molecular complexity index is 606. The molecule has 0 bridgehead atoms. The van der Waals surface area contributed by atoms with Gasteiger partial charge < -0.3 is 15.4 Å². The van der Waals surface area contributed by atoms with Gasteiger partial charge in [-0.15, -0.1) is 0 Å². The van der Waals surface area contributed by atoms with Gasteiger partial charge in [0.15, 0.2) is 0 Å². The molecule has 9 heteroatoms. The smallest absolute Gasteiger partial charge is 0.352 e. The van der Waals surface area contributed by atoms with E-state index < -0.39 is 22.0 Å². The van der Waals surface area contributed by atoms with E-state index in [9.17, 15) is 18.0 Å². The summed E-state index contributed by atoms with van der Waals surface area (Å²) in [6.45, 7) is 0.532. The Kier molecular flexibility index (Phi) is 3.58. The first-order chi connectivity index (χ1) is 8.90. The van der Waals surface area contributed by atoms with Crippen molar-refractivity contribution >= 4 is 21.9 Å². The van der Waals surface area contributed by atoms with Crippen molar-refractivity contribution in [2.24, 2.45) is 0 Å². The Morgan fingerprint density at radius 3 is 2.79 bits per heavy atom.